The van der Waals surface area contributed by atoms with Gasteiger partial charge in [0.05, 0.1) is 7.11 Å². The molecule has 1 heterocycles. The standard InChI is InChI=1S/C17H21NO3S/c1-11(2)16(17(19)20)18-10-14-8-9-15(22-14)12-4-6-13(21-3)7-5-12/h4-9,11,16,18H,10H2,1-3H3,(H,19,20)/t16-/m1/s1. The van der Waals surface area contributed by atoms with Crippen LogP contribution in [0.25, 0.3) is 10.4 Å². The molecule has 0 spiro atoms. The lowest BCUT2D eigenvalue weighted by Crippen LogP contribution is -2.40. The predicted molar refractivity (Wildman–Crippen MR) is 89.4 cm³/mol. The summed E-state index contributed by atoms with van der Waals surface area (Å²) in [4.78, 5) is 13.5. The number of rotatable bonds is 7. The smallest absolute Gasteiger partial charge is 0.320 e. The number of benzene rings is 1. The summed E-state index contributed by atoms with van der Waals surface area (Å²) in [6.07, 6.45) is 0. The van der Waals surface area contributed by atoms with Crippen LogP contribution in [0.1, 0.15) is 18.7 Å². The highest BCUT2D eigenvalue weighted by atomic mass is 32.1. The minimum atomic E-state index is -0.804. The van der Waals surface area contributed by atoms with E-state index in [4.69, 9.17) is 4.74 Å². The normalized spacial score (nSPS) is 12.4. The maximum absolute atomic E-state index is 11.2. The lowest BCUT2D eigenvalue weighted by molar-refractivity contribution is -0.140. The molecule has 5 heteroatoms. The molecule has 0 saturated heterocycles. The summed E-state index contributed by atoms with van der Waals surface area (Å²) in [5.41, 5.74) is 1.13. The highest BCUT2D eigenvalue weighted by Gasteiger charge is 2.20. The highest BCUT2D eigenvalue weighted by Crippen LogP contribution is 2.29. The number of methoxy groups -OCH3 is 1. The van der Waals surface area contributed by atoms with Crippen molar-refractivity contribution >= 4 is 17.3 Å². The van der Waals surface area contributed by atoms with Crippen LogP contribution in [0, 0.1) is 5.92 Å². The third kappa shape index (κ3) is 4.08. The van der Waals surface area contributed by atoms with Gasteiger partial charge in [0.2, 0.25) is 0 Å². The van der Waals surface area contributed by atoms with Crippen LogP contribution in [0.5, 0.6) is 5.75 Å². The first-order valence-electron chi connectivity index (χ1n) is 7.20. The zero-order chi connectivity index (χ0) is 16.1. The molecule has 0 unspecified atom stereocenters. The van der Waals surface area contributed by atoms with Crippen molar-refractivity contribution in [3.8, 4) is 16.2 Å². The van der Waals surface area contributed by atoms with Crippen molar-refractivity contribution in [2.75, 3.05) is 7.11 Å². The quantitative estimate of drug-likeness (QED) is 0.818. The second-order valence-corrected chi connectivity index (χ2v) is 6.60. The fourth-order valence-electron chi connectivity index (χ4n) is 2.20. The first-order valence-corrected chi connectivity index (χ1v) is 8.02. The van der Waals surface area contributed by atoms with E-state index >= 15 is 0 Å². The second kappa shape index (κ2) is 7.42. The molecular weight excluding hydrogens is 298 g/mol. The van der Waals surface area contributed by atoms with E-state index in [0.717, 1.165) is 21.1 Å². The van der Waals surface area contributed by atoms with Crippen LogP contribution in [0.2, 0.25) is 0 Å². The molecule has 0 saturated carbocycles. The van der Waals surface area contributed by atoms with Crippen LogP contribution in [0.3, 0.4) is 0 Å². The Morgan fingerprint density at radius 2 is 1.91 bits per heavy atom. The molecule has 0 aliphatic carbocycles. The molecule has 0 bridgehead atoms. The second-order valence-electron chi connectivity index (χ2n) is 5.44. The van der Waals surface area contributed by atoms with E-state index in [1.54, 1.807) is 18.4 Å². The fourth-order valence-corrected chi connectivity index (χ4v) is 3.17. The Morgan fingerprint density at radius 3 is 2.45 bits per heavy atom. The predicted octanol–water partition coefficient (Wildman–Crippen LogP) is 3.62. The zero-order valence-corrected chi connectivity index (χ0v) is 13.8. The monoisotopic (exact) mass is 319 g/mol. The van der Waals surface area contributed by atoms with E-state index < -0.39 is 12.0 Å². The molecule has 0 aliphatic rings. The molecule has 4 nitrogen and oxygen atoms in total. The molecule has 2 rings (SSSR count). The van der Waals surface area contributed by atoms with E-state index in [2.05, 4.69) is 11.4 Å². The Balaban J connectivity index is 2.03. The summed E-state index contributed by atoms with van der Waals surface area (Å²) in [5, 5.41) is 12.3. The van der Waals surface area contributed by atoms with Crippen LogP contribution < -0.4 is 10.1 Å². The molecule has 1 atom stereocenters. The molecule has 0 aliphatic heterocycles. The van der Waals surface area contributed by atoms with Gasteiger partial charge < -0.3 is 9.84 Å². The summed E-state index contributed by atoms with van der Waals surface area (Å²) in [6, 6.07) is 11.5. The summed E-state index contributed by atoms with van der Waals surface area (Å²) >= 11 is 1.67. The van der Waals surface area contributed by atoms with Crippen molar-refractivity contribution in [3.63, 3.8) is 0 Å². The molecule has 1 aromatic carbocycles. The Hall–Kier alpha value is -1.85. The maximum Gasteiger partial charge on any atom is 0.320 e. The van der Waals surface area contributed by atoms with Gasteiger partial charge in [0.25, 0.3) is 0 Å². The van der Waals surface area contributed by atoms with Crippen LogP contribution >= 0.6 is 11.3 Å². The molecule has 0 radical (unpaired) electrons. The number of thiophene rings is 1. The van der Waals surface area contributed by atoms with Gasteiger partial charge in [-0.25, -0.2) is 0 Å². The number of carbonyl (C=O) groups is 1. The van der Waals surface area contributed by atoms with Gasteiger partial charge in [-0.05, 0) is 47.9 Å². The molecule has 2 aromatic rings. The third-order valence-corrected chi connectivity index (χ3v) is 4.60. The number of hydrogen-bond acceptors (Lipinski definition) is 4. The summed E-state index contributed by atoms with van der Waals surface area (Å²) in [5.74, 6) is 0.0869. The number of hydrogen-bond donors (Lipinski definition) is 2. The average Bonchev–Trinajstić information content (AvgIpc) is 2.95. The first-order chi connectivity index (χ1) is 10.5. The summed E-state index contributed by atoms with van der Waals surface area (Å²) < 4.78 is 5.16. The van der Waals surface area contributed by atoms with Gasteiger partial charge in [-0.2, -0.15) is 0 Å². The minimum absolute atomic E-state index is 0.0542. The Bertz CT molecular complexity index is 619. The van der Waals surface area contributed by atoms with Crippen LogP contribution in [-0.4, -0.2) is 24.2 Å². The largest absolute Gasteiger partial charge is 0.497 e. The van der Waals surface area contributed by atoms with Gasteiger partial charge in [-0.3, -0.25) is 10.1 Å². The fraction of sp³-hybridized carbons (Fsp3) is 0.353. The van der Waals surface area contributed by atoms with Crippen molar-refractivity contribution in [3.05, 3.63) is 41.3 Å². The minimum Gasteiger partial charge on any atom is -0.497 e. The number of carboxylic acids is 1. The van der Waals surface area contributed by atoms with Crippen molar-refractivity contribution in [2.45, 2.75) is 26.4 Å². The first kappa shape index (κ1) is 16.5. The van der Waals surface area contributed by atoms with Crippen LogP contribution in [-0.2, 0) is 11.3 Å². The van der Waals surface area contributed by atoms with Gasteiger partial charge >= 0.3 is 5.97 Å². The third-order valence-electron chi connectivity index (χ3n) is 3.47. The lowest BCUT2D eigenvalue weighted by Gasteiger charge is -2.17. The van der Waals surface area contributed by atoms with Crippen molar-refractivity contribution < 1.29 is 14.6 Å². The summed E-state index contributed by atoms with van der Waals surface area (Å²) in [7, 11) is 1.65. The molecule has 0 amide bonds. The number of carboxylic acid groups (broad SMARTS) is 1. The van der Waals surface area contributed by atoms with E-state index in [1.807, 2.05) is 44.2 Å². The van der Waals surface area contributed by atoms with Crippen LogP contribution in [0.15, 0.2) is 36.4 Å². The van der Waals surface area contributed by atoms with Gasteiger partial charge in [-0.1, -0.05) is 13.8 Å². The van der Waals surface area contributed by atoms with E-state index in [9.17, 15) is 9.90 Å². The molecule has 22 heavy (non-hydrogen) atoms. The van der Waals surface area contributed by atoms with Crippen molar-refractivity contribution in [1.29, 1.82) is 0 Å². The van der Waals surface area contributed by atoms with Gasteiger partial charge in [0.15, 0.2) is 0 Å². The van der Waals surface area contributed by atoms with E-state index in [0.29, 0.717) is 6.54 Å². The van der Waals surface area contributed by atoms with Crippen molar-refractivity contribution in [1.82, 2.24) is 5.32 Å². The van der Waals surface area contributed by atoms with E-state index in [1.165, 1.54) is 0 Å². The molecule has 1 aromatic heterocycles. The Kier molecular flexibility index (Phi) is 5.57. The SMILES string of the molecule is COc1ccc(-c2ccc(CN[C@@H](C(=O)O)C(C)C)s2)cc1. The molecule has 0 fully saturated rings. The number of ether oxygens (including phenoxy) is 1. The van der Waals surface area contributed by atoms with Crippen LogP contribution in [0.4, 0.5) is 0 Å². The highest BCUT2D eigenvalue weighted by molar-refractivity contribution is 7.15. The molecule has 2 N–H and O–H groups in total. The lowest BCUT2D eigenvalue weighted by atomic mass is 10.1. The maximum atomic E-state index is 11.2. The van der Waals surface area contributed by atoms with Crippen molar-refractivity contribution in [2.24, 2.45) is 5.92 Å². The Labute approximate surface area is 134 Å². The Morgan fingerprint density at radius 1 is 1.23 bits per heavy atom. The average molecular weight is 319 g/mol. The number of aliphatic carboxylic acids is 1. The van der Waals surface area contributed by atoms with E-state index in [-0.39, 0.29) is 5.92 Å². The zero-order valence-electron chi connectivity index (χ0n) is 13.0. The molecule has 118 valence electrons. The number of nitrogens with one attached hydrogen (secondary N) is 1. The van der Waals surface area contributed by atoms with Gasteiger partial charge in [0, 0.05) is 16.3 Å². The molecular formula is C17H21NO3S. The summed E-state index contributed by atoms with van der Waals surface area (Å²) in [6.45, 7) is 4.38. The van der Waals surface area contributed by atoms with Gasteiger partial charge in [0.1, 0.15) is 11.8 Å². The van der Waals surface area contributed by atoms with Gasteiger partial charge in [-0.15, -0.1) is 11.3 Å². The topological polar surface area (TPSA) is 58.6 Å².